The van der Waals surface area contributed by atoms with Gasteiger partial charge in [0.1, 0.15) is 18.0 Å². The van der Waals surface area contributed by atoms with Gasteiger partial charge in [-0.25, -0.2) is 18.6 Å². The molecule has 0 saturated carbocycles. The van der Waals surface area contributed by atoms with Crippen LogP contribution < -0.4 is 14.5 Å². The smallest absolute Gasteiger partial charge is 0.337 e. The lowest BCUT2D eigenvalue weighted by Crippen LogP contribution is -2.39. The number of amides is 1. The second-order valence-electron chi connectivity index (χ2n) is 7.09. The lowest BCUT2D eigenvalue weighted by atomic mass is 10.1. The Hall–Kier alpha value is -4.18. The van der Waals surface area contributed by atoms with E-state index < -0.39 is 28.4 Å². The summed E-state index contributed by atoms with van der Waals surface area (Å²) in [4.78, 5) is 23.8. The lowest BCUT2D eigenvalue weighted by Gasteiger charge is -2.21. The van der Waals surface area contributed by atoms with Crippen molar-refractivity contribution in [3.05, 3.63) is 90.0 Å². The van der Waals surface area contributed by atoms with Crippen molar-refractivity contribution in [3.8, 4) is 11.5 Å². The number of nitrogens with one attached hydrogen (secondary N) is 1. The summed E-state index contributed by atoms with van der Waals surface area (Å²) in [5.74, 6) is 0.0813. The first-order chi connectivity index (χ1) is 16.3. The van der Waals surface area contributed by atoms with Crippen LogP contribution in [0.5, 0.6) is 11.5 Å². The molecule has 10 heteroatoms. The number of nitrogens with zero attached hydrogens (tertiary/aromatic N) is 2. The number of esters is 1. The van der Waals surface area contributed by atoms with Gasteiger partial charge >= 0.3 is 5.97 Å². The number of sulfonamides is 1. The Labute approximate surface area is 197 Å². The van der Waals surface area contributed by atoms with Gasteiger partial charge in [0.15, 0.2) is 0 Å². The van der Waals surface area contributed by atoms with Crippen LogP contribution in [0.1, 0.15) is 15.9 Å². The van der Waals surface area contributed by atoms with E-state index in [4.69, 9.17) is 4.74 Å². The number of rotatable bonds is 9. The minimum atomic E-state index is -3.74. The first kappa shape index (κ1) is 24.5. The molecule has 0 atom stereocenters. The first-order valence-electron chi connectivity index (χ1n) is 10.1. The maximum atomic E-state index is 12.3. The summed E-state index contributed by atoms with van der Waals surface area (Å²) in [6, 6.07) is 21.9. The Morgan fingerprint density at radius 2 is 1.56 bits per heavy atom. The number of hydrazone groups is 1. The van der Waals surface area contributed by atoms with Crippen LogP contribution in [0, 0.1) is 0 Å². The Kier molecular flexibility index (Phi) is 7.99. The van der Waals surface area contributed by atoms with E-state index >= 15 is 0 Å². The van der Waals surface area contributed by atoms with Crippen LogP contribution in [0.4, 0.5) is 5.69 Å². The molecule has 34 heavy (non-hydrogen) atoms. The molecule has 3 aromatic carbocycles. The number of carbonyl (C=O) groups is 2. The summed E-state index contributed by atoms with van der Waals surface area (Å²) < 4.78 is 35.9. The van der Waals surface area contributed by atoms with Crippen molar-refractivity contribution in [1.29, 1.82) is 0 Å². The molecule has 1 N–H and O–H groups in total. The fourth-order valence-corrected chi connectivity index (χ4v) is 3.73. The average Bonchev–Trinajstić information content (AvgIpc) is 2.83. The molecule has 0 spiro atoms. The van der Waals surface area contributed by atoms with Crippen LogP contribution in [-0.2, 0) is 19.6 Å². The zero-order valence-corrected chi connectivity index (χ0v) is 19.4. The highest BCUT2D eigenvalue weighted by molar-refractivity contribution is 7.92. The molecule has 0 aliphatic heterocycles. The van der Waals surface area contributed by atoms with Crippen LogP contribution in [0.2, 0.25) is 0 Å². The molecule has 9 nitrogen and oxygen atoms in total. The van der Waals surface area contributed by atoms with Crippen molar-refractivity contribution in [3.63, 3.8) is 0 Å². The summed E-state index contributed by atoms with van der Waals surface area (Å²) in [7, 11) is -2.45. The topological polar surface area (TPSA) is 114 Å². The number of para-hydroxylation sites is 1. The molecule has 3 rings (SSSR count). The normalized spacial score (nSPS) is 11.1. The number of methoxy groups -OCH3 is 1. The third-order valence-corrected chi connectivity index (χ3v) is 5.67. The van der Waals surface area contributed by atoms with Gasteiger partial charge in [0.05, 0.1) is 30.8 Å². The van der Waals surface area contributed by atoms with E-state index in [0.717, 1.165) is 10.6 Å². The molecular weight excluding hydrogens is 458 g/mol. The van der Waals surface area contributed by atoms with Gasteiger partial charge in [0.2, 0.25) is 10.0 Å². The minimum absolute atomic E-state index is 0.306. The zero-order chi connectivity index (χ0) is 24.6. The molecule has 0 heterocycles. The summed E-state index contributed by atoms with van der Waals surface area (Å²) >= 11 is 0. The monoisotopic (exact) mass is 481 g/mol. The minimum Gasteiger partial charge on any atom is -0.465 e. The van der Waals surface area contributed by atoms with Crippen molar-refractivity contribution in [2.45, 2.75) is 0 Å². The fourth-order valence-electron chi connectivity index (χ4n) is 2.87. The van der Waals surface area contributed by atoms with Crippen molar-refractivity contribution >= 4 is 33.8 Å². The molecule has 0 radical (unpaired) electrons. The fraction of sp³-hybridized carbons (Fsp3) is 0.125. The third kappa shape index (κ3) is 6.91. The molecule has 3 aromatic rings. The standard InChI is InChI=1S/C24H23N3O6S/c1-32-24(29)19-10-8-18(9-11-19)16-25-26-23(28)17-27(34(2,30)31)20-12-14-22(15-13-20)33-21-6-4-3-5-7-21/h3-16H,17H2,1-2H3,(H,26,28)/b25-16+. The van der Waals surface area contributed by atoms with Crippen LogP contribution in [0.15, 0.2) is 84.0 Å². The number of carbonyl (C=O) groups excluding carboxylic acids is 2. The molecule has 176 valence electrons. The molecule has 0 aromatic heterocycles. The molecule has 0 bridgehead atoms. The van der Waals surface area contributed by atoms with Gasteiger partial charge in [-0.05, 0) is 54.1 Å². The Bertz CT molecular complexity index is 1260. The number of hydrogen-bond acceptors (Lipinski definition) is 7. The lowest BCUT2D eigenvalue weighted by molar-refractivity contribution is -0.119. The average molecular weight is 482 g/mol. The van der Waals surface area contributed by atoms with E-state index in [2.05, 4.69) is 15.3 Å². The maximum absolute atomic E-state index is 12.3. The summed E-state index contributed by atoms with van der Waals surface area (Å²) in [5.41, 5.74) is 3.62. The van der Waals surface area contributed by atoms with E-state index in [1.807, 2.05) is 18.2 Å². The van der Waals surface area contributed by atoms with Crippen molar-refractivity contribution in [2.24, 2.45) is 5.10 Å². The largest absolute Gasteiger partial charge is 0.465 e. The van der Waals surface area contributed by atoms with Gasteiger partial charge in [0, 0.05) is 0 Å². The Morgan fingerprint density at radius 1 is 0.941 bits per heavy atom. The van der Waals surface area contributed by atoms with E-state index in [1.54, 1.807) is 60.7 Å². The van der Waals surface area contributed by atoms with Crippen LogP contribution >= 0.6 is 0 Å². The quantitative estimate of drug-likeness (QED) is 0.285. The van der Waals surface area contributed by atoms with Gasteiger partial charge < -0.3 is 9.47 Å². The van der Waals surface area contributed by atoms with Gasteiger partial charge in [-0.1, -0.05) is 30.3 Å². The number of anilines is 1. The van der Waals surface area contributed by atoms with E-state index in [0.29, 0.717) is 28.3 Å². The van der Waals surface area contributed by atoms with Gasteiger partial charge in [-0.3, -0.25) is 9.10 Å². The van der Waals surface area contributed by atoms with Gasteiger partial charge in [-0.2, -0.15) is 5.10 Å². The molecule has 0 saturated heterocycles. The third-order valence-electron chi connectivity index (χ3n) is 4.53. The van der Waals surface area contributed by atoms with Crippen molar-refractivity contribution < 1.29 is 27.5 Å². The summed E-state index contributed by atoms with van der Waals surface area (Å²) in [6.07, 6.45) is 2.39. The second kappa shape index (κ2) is 11.1. The van der Waals surface area contributed by atoms with E-state index in [1.165, 1.54) is 13.3 Å². The zero-order valence-electron chi connectivity index (χ0n) is 18.5. The number of hydrogen-bond donors (Lipinski definition) is 1. The van der Waals surface area contributed by atoms with Crippen molar-refractivity contribution in [1.82, 2.24) is 5.43 Å². The van der Waals surface area contributed by atoms with E-state index in [-0.39, 0.29) is 0 Å². The van der Waals surface area contributed by atoms with Gasteiger partial charge in [0.25, 0.3) is 5.91 Å². The van der Waals surface area contributed by atoms with Gasteiger partial charge in [-0.15, -0.1) is 0 Å². The SMILES string of the molecule is COC(=O)c1ccc(/C=N/NC(=O)CN(c2ccc(Oc3ccccc3)cc2)S(C)(=O)=O)cc1. The molecule has 0 fully saturated rings. The summed E-state index contributed by atoms with van der Waals surface area (Å²) in [5, 5.41) is 3.84. The Morgan fingerprint density at radius 3 is 2.15 bits per heavy atom. The highest BCUT2D eigenvalue weighted by Crippen LogP contribution is 2.25. The highest BCUT2D eigenvalue weighted by Gasteiger charge is 2.20. The van der Waals surface area contributed by atoms with E-state index in [9.17, 15) is 18.0 Å². The van der Waals surface area contributed by atoms with Crippen LogP contribution in [0.3, 0.4) is 0 Å². The molecule has 0 aliphatic rings. The molecule has 1 amide bonds. The predicted octanol–water partition coefficient (Wildman–Crippen LogP) is 3.18. The Balaban J connectivity index is 1.63. The molecule has 0 aliphatic carbocycles. The summed E-state index contributed by atoms with van der Waals surface area (Å²) in [6.45, 7) is -0.462. The number of ether oxygens (including phenoxy) is 2. The van der Waals surface area contributed by atoms with Crippen LogP contribution in [-0.4, -0.2) is 46.4 Å². The molecule has 0 unspecified atom stereocenters. The predicted molar refractivity (Wildman–Crippen MR) is 129 cm³/mol. The first-order valence-corrected chi connectivity index (χ1v) is 11.9. The maximum Gasteiger partial charge on any atom is 0.337 e. The second-order valence-corrected chi connectivity index (χ2v) is 8.99. The van der Waals surface area contributed by atoms with Crippen LogP contribution in [0.25, 0.3) is 0 Å². The molecular formula is C24H23N3O6S. The van der Waals surface area contributed by atoms with Crippen molar-refractivity contribution in [2.75, 3.05) is 24.2 Å². The number of benzene rings is 3. The highest BCUT2D eigenvalue weighted by atomic mass is 32.2.